The zero-order valence-corrected chi connectivity index (χ0v) is 9.69. The van der Waals surface area contributed by atoms with Gasteiger partial charge in [-0.15, -0.1) is 0 Å². The highest BCUT2D eigenvalue weighted by Gasteiger charge is 2.21. The maximum absolute atomic E-state index is 11.2. The fourth-order valence-corrected chi connectivity index (χ4v) is 2.41. The summed E-state index contributed by atoms with van der Waals surface area (Å²) in [5, 5.41) is 0.778. The van der Waals surface area contributed by atoms with Crippen molar-refractivity contribution in [2.24, 2.45) is 0 Å². The zero-order chi connectivity index (χ0) is 13.3. The van der Waals surface area contributed by atoms with Crippen molar-refractivity contribution in [1.82, 2.24) is 0 Å². The molecule has 2 rings (SSSR count). The highest BCUT2D eigenvalue weighted by Crippen LogP contribution is 2.26. The van der Waals surface area contributed by atoms with Crippen molar-refractivity contribution in [2.75, 3.05) is 0 Å². The molecule has 2 radical (unpaired) electrons. The summed E-state index contributed by atoms with van der Waals surface area (Å²) in [5.41, 5.74) is -0.734. The maximum atomic E-state index is 11.2. The molecule has 0 bridgehead atoms. The van der Waals surface area contributed by atoms with Crippen molar-refractivity contribution in [2.45, 2.75) is 4.90 Å². The molecule has 18 heavy (non-hydrogen) atoms. The van der Waals surface area contributed by atoms with Gasteiger partial charge in [0, 0.05) is 5.56 Å². The van der Waals surface area contributed by atoms with Crippen molar-refractivity contribution in [1.29, 1.82) is 0 Å². The SMILES string of the molecule is O=[C]c1c(S(=O)(=O)O)cc2ccccc2c1[C]=O. The van der Waals surface area contributed by atoms with Gasteiger partial charge in [-0.25, -0.2) is 0 Å². The Morgan fingerprint density at radius 2 is 1.61 bits per heavy atom. The second kappa shape index (κ2) is 4.32. The van der Waals surface area contributed by atoms with E-state index in [0.717, 1.165) is 6.07 Å². The summed E-state index contributed by atoms with van der Waals surface area (Å²) in [6, 6.07) is 7.48. The topological polar surface area (TPSA) is 88.5 Å². The van der Waals surface area contributed by atoms with Gasteiger partial charge >= 0.3 is 0 Å². The molecule has 5 nitrogen and oxygen atoms in total. The summed E-state index contributed by atoms with van der Waals surface area (Å²) in [4.78, 5) is 21.1. The Bertz CT molecular complexity index is 746. The zero-order valence-electron chi connectivity index (χ0n) is 8.88. The molecular weight excluding hydrogens is 256 g/mol. The normalized spacial score (nSPS) is 11.4. The summed E-state index contributed by atoms with van der Waals surface area (Å²) < 4.78 is 31.4. The third kappa shape index (κ3) is 1.92. The number of hydrogen-bond donors (Lipinski definition) is 1. The van der Waals surface area contributed by atoms with E-state index in [1.54, 1.807) is 24.3 Å². The van der Waals surface area contributed by atoms with E-state index in [-0.39, 0.29) is 5.56 Å². The Balaban J connectivity index is 3.06. The summed E-state index contributed by atoms with van der Waals surface area (Å²) in [5.74, 6) is 0. The average Bonchev–Trinajstić information content (AvgIpc) is 2.35. The second-order valence-corrected chi connectivity index (χ2v) is 4.91. The molecule has 0 heterocycles. The van der Waals surface area contributed by atoms with E-state index in [0.29, 0.717) is 10.8 Å². The maximum Gasteiger partial charge on any atom is 0.295 e. The van der Waals surface area contributed by atoms with Crippen molar-refractivity contribution in [3.63, 3.8) is 0 Å². The van der Waals surface area contributed by atoms with Gasteiger partial charge in [-0.05, 0) is 16.8 Å². The first kappa shape index (κ1) is 12.4. The van der Waals surface area contributed by atoms with Crippen molar-refractivity contribution >= 4 is 33.5 Å². The van der Waals surface area contributed by atoms with E-state index in [2.05, 4.69) is 0 Å². The smallest absolute Gasteiger partial charge is 0.285 e. The van der Waals surface area contributed by atoms with Gasteiger partial charge in [-0.3, -0.25) is 14.1 Å². The summed E-state index contributed by atoms with van der Waals surface area (Å²) >= 11 is 0. The Morgan fingerprint density at radius 3 is 2.17 bits per heavy atom. The molecule has 2 aromatic rings. The summed E-state index contributed by atoms with van der Waals surface area (Å²) in [6.07, 6.45) is 2.88. The van der Waals surface area contributed by atoms with Crippen LogP contribution in [0.5, 0.6) is 0 Å². The Labute approximate surface area is 103 Å². The van der Waals surface area contributed by atoms with Crippen LogP contribution in [-0.2, 0) is 19.7 Å². The predicted molar refractivity (Wildman–Crippen MR) is 63.4 cm³/mol. The predicted octanol–water partition coefficient (Wildman–Crippen LogP) is 1.00. The Hall–Kier alpha value is -2.05. The van der Waals surface area contributed by atoms with Crippen LogP contribution in [0.25, 0.3) is 10.8 Å². The molecule has 0 amide bonds. The van der Waals surface area contributed by atoms with Gasteiger partial charge in [0.15, 0.2) is 0 Å². The lowest BCUT2D eigenvalue weighted by Crippen LogP contribution is -2.06. The number of carbonyl (C=O) groups excluding carboxylic acids is 2. The Morgan fingerprint density at radius 1 is 1.00 bits per heavy atom. The van der Waals surface area contributed by atoms with E-state index in [9.17, 15) is 18.0 Å². The van der Waals surface area contributed by atoms with E-state index < -0.39 is 20.6 Å². The van der Waals surface area contributed by atoms with Gasteiger partial charge in [-0.1, -0.05) is 24.3 Å². The molecule has 0 aliphatic rings. The molecule has 0 aliphatic heterocycles. The van der Waals surface area contributed by atoms with E-state index in [4.69, 9.17) is 4.55 Å². The molecule has 0 aliphatic carbocycles. The lowest BCUT2D eigenvalue weighted by Gasteiger charge is -2.07. The van der Waals surface area contributed by atoms with Gasteiger partial charge in [-0.2, -0.15) is 8.42 Å². The lowest BCUT2D eigenvalue weighted by molar-refractivity contribution is 0.482. The second-order valence-electron chi connectivity index (χ2n) is 3.53. The van der Waals surface area contributed by atoms with Gasteiger partial charge in [0.1, 0.15) is 4.90 Å². The van der Waals surface area contributed by atoms with Crippen LogP contribution in [0.4, 0.5) is 0 Å². The molecule has 0 saturated carbocycles. The van der Waals surface area contributed by atoms with Crippen LogP contribution in [0, 0.1) is 0 Å². The van der Waals surface area contributed by atoms with Crippen LogP contribution < -0.4 is 0 Å². The molecule has 0 saturated heterocycles. The highest BCUT2D eigenvalue weighted by molar-refractivity contribution is 7.86. The quantitative estimate of drug-likeness (QED) is 0.834. The van der Waals surface area contributed by atoms with Crippen LogP contribution >= 0.6 is 0 Å². The van der Waals surface area contributed by atoms with Crippen molar-refractivity contribution in [3.8, 4) is 0 Å². The minimum atomic E-state index is -4.61. The molecule has 6 heteroatoms. The molecule has 0 aromatic heterocycles. The lowest BCUT2D eigenvalue weighted by atomic mass is 10.0. The minimum absolute atomic E-state index is 0.226. The third-order valence-electron chi connectivity index (χ3n) is 2.50. The summed E-state index contributed by atoms with van der Waals surface area (Å²) in [6.45, 7) is 0. The molecule has 0 fully saturated rings. The monoisotopic (exact) mass is 262 g/mol. The Kier molecular flexibility index (Phi) is 2.98. The number of benzene rings is 2. The number of fused-ring (bicyclic) bond motifs is 1. The minimum Gasteiger partial charge on any atom is -0.285 e. The van der Waals surface area contributed by atoms with Crippen LogP contribution in [-0.4, -0.2) is 25.5 Å². The standard InChI is InChI=1S/C12H6O5S/c13-6-10-9-4-2-1-3-8(9)5-12(11(10)7-14)18(15,16)17/h1-5H,(H,15,16,17). The van der Waals surface area contributed by atoms with Crippen LogP contribution in [0.1, 0.15) is 11.1 Å². The molecule has 1 N–H and O–H groups in total. The summed E-state index contributed by atoms with van der Waals surface area (Å²) in [7, 11) is -4.61. The molecule has 90 valence electrons. The molecule has 0 spiro atoms. The van der Waals surface area contributed by atoms with E-state index >= 15 is 0 Å². The largest absolute Gasteiger partial charge is 0.295 e. The molecule has 0 unspecified atom stereocenters. The molecule has 2 aromatic carbocycles. The van der Waals surface area contributed by atoms with Crippen LogP contribution in [0.2, 0.25) is 0 Å². The van der Waals surface area contributed by atoms with Gasteiger partial charge in [0.2, 0.25) is 12.6 Å². The molecular formula is C12H6O5S. The van der Waals surface area contributed by atoms with Crippen molar-refractivity contribution in [3.05, 3.63) is 41.5 Å². The van der Waals surface area contributed by atoms with Crippen LogP contribution in [0.3, 0.4) is 0 Å². The third-order valence-corrected chi connectivity index (χ3v) is 3.37. The van der Waals surface area contributed by atoms with E-state index in [1.165, 1.54) is 12.6 Å². The number of rotatable bonds is 3. The first-order chi connectivity index (χ1) is 8.49. The van der Waals surface area contributed by atoms with Gasteiger partial charge in [0.25, 0.3) is 10.1 Å². The molecule has 0 atom stereocenters. The fraction of sp³-hybridized carbons (Fsp3) is 0. The van der Waals surface area contributed by atoms with Gasteiger partial charge < -0.3 is 0 Å². The van der Waals surface area contributed by atoms with Gasteiger partial charge in [0.05, 0.1) is 5.56 Å². The fourth-order valence-electron chi connectivity index (χ4n) is 1.73. The average molecular weight is 262 g/mol. The first-order valence-electron chi connectivity index (χ1n) is 4.78. The van der Waals surface area contributed by atoms with E-state index in [1.807, 2.05) is 0 Å². The van der Waals surface area contributed by atoms with Crippen molar-refractivity contribution < 1.29 is 22.6 Å². The number of hydrogen-bond acceptors (Lipinski definition) is 4. The first-order valence-corrected chi connectivity index (χ1v) is 6.22. The van der Waals surface area contributed by atoms with Crippen LogP contribution in [0.15, 0.2) is 35.2 Å². The highest BCUT2D eigenvalue weighted by atomic mass is 32.2.